The van der Waals surface area contributed by atoms with E-state index in [0.29, 0.717) is 16.6 Å². The second-order valence-electron chi connectivity index (χ2n) is 5.62. The van der Waals surface area contributed by atoms with Gasteiger partial charge in [0.25, 0.3) is 0 Å². The number of hydrogen-bond acceptors (Lipinski definition) is 1. The van der Waals surface area contributed by atoms with Crippen molar-refractivity contribution in [3.63, 3.8) is 0 Å². The Labute approximate surface area is 70.8 Å². The van der Waals surface area contributed by atoms with Gasteiger partial charge in [-0.3, -0.25) is 4.90 Å². The van der Waals surface area contributed by atoms with Crippen LogP contribution < -0.4 is 0 Å². The lowest BCUT2D eigenvalue weighted by molar-refractivity contribution is 0.231. The van der Waals surface area contributed by atoms with E-state index in [2.05, 4.69) is 53.4 Å². The van der Waals surface area contributed by atoms with Gasteiger partial charge in [0, 0.05) is 16.6 Å². The van der Waals surface area contributed by atoms with E-state index < -0.39 is 0 Å². The fourth-order valence-electron chi connectivity index (χ4n) is 2.60. The predicted molar refractivity (Wildman–Crippen MR) is 49.8 cm³/mol. The second-order valence-corrected chi connectivity index (χ2v) is 5.62. The Kier molecular flexibility index (Phi) is 1.50. The maximum atomic E-state index is 2.56. The van der Waals surface area contributed by atoms with Crippen LogP contribution in [0, 0.1) is 0 Å². The normalized spacial score (nSPS) is 28.6. The highest BCUT2D eigenvalue weighted by atomic mass is 15.5. The molecule has 1 heteroatoms. The van der Waals surface area contributed by atoms with Crippen molar-refractivity contribution in [1.82, 2.24) is 4.90 Å². The van der Waals surface area contributed by atoms with Crippen LogP contribution in [0.3, 0.4) is 0 Å². The van der Waals surface area contributed by atoms with E-state index in [9.17, 15) is 0 Å². The number of nitrogens with zero attached hydrogens (tertiary/aromatic N) is 1. The smallest absolute Gasteiger partial charge is 0.0343 e. The first-order valence-electron chi connectivity index (χ1n) is 4.42. The molecule has 1 rings (SSSR count). The van der Waals surface area contributed by atoms with Gasteiger partial charge in [-0.2, -0.15) is 0 Å². The Bertz CT molecular complexity index is 158. The average Bonchev–Trinajstić information content (AvgIpc) is 1.93. The van der Waals surface area contributed by atoms with Gasteiger partial charge < -0.3 is 0 Å². The van der Waals surface area contributed by atoms with Gasteiger partial charge in [-0.25, -0.2) is 0 Å². The average molecular weight is 155 g/mol. The molecule has 0 aliphatic carbocycles. The standard InChI is InChI=1S/C10H21N/c1-8(2,3)11-9(4,5)10(11,6)7/h1-7H3. The molecule has 0 saturated carbocycles. The predicted octanol–water partition coefficient (Wildman–Crippen LogP) is 2.66. The third-order valence-electron chi connectivity index (χ3n) is 3.24. The molecule has 0 aromatic carbocycles. The maximum Gasteiger partial charge on any atom is 0.0343 e. The molecule has 66 valence electrons. The Hall–Kier alpha value is -0.0400. The Morgan fingerprint density at radius 2 is 1.09 bits per heavy atom. The fourth-order valence-corrected chi connectivity index (χ4v) is 2.60. The monoisotopic (exact) mass is 155 g/mol. The zero-order valence-electron chi connectivity index (χ0n) is 8.95. The summed E-state index contributed by atoms with van der Waals surface area (Å²) in [6.45, 7) is 16.1. The topological polar surface area (TPSA) is 3.01 Å². The van der Waals surface area contributed by atoms with Gasteiger partial charge in [-0.05, 0) is 48.5 Å². The fraction of sp³-hybridized carbons (Fsp3) is 1.00. The summed E-state index contributed by atoms with van der Waals surface area (Å²) < 4.78 is 0. The molecule has 0 amide bonds. The Balaban J connectivity index is 2.84. The summed E-state index contributed by atoms with van der Waals surface area (Å²) in [5.74, 6) is 0. The van der Waals surface area contributed by atoms with Crippen LogP contribution in [0.15, 0.2) is 0 Å². The summed E-state index contributed by atoms with van der Waals surface area (Å²) in [7, 11) is 0. The Morgan fingerprint density at radius 1 is 0.818 bits per heavy atom. The quantitative estimate of drug-likeness (QED) is 0.486. The van der Waals surface area contributed by atoms with Gasteiger partial charge in [0.1, 0.15) is 0 Å². The molecule has 1 saturated heterocycles. The molecule has 0 N–H and O–H groups in total. The SMILES string of the molecule is CC(C)(C)N1C(C)(C)C1(C)C. The molecule has 0 bridgehead atoms. The van der Waals surface area contributed by atoms with Gasteiger partial charge in [0.05, 0.1) is 0 Å². The van der Waals surface area contributed by atoms with Crippen molar-refractivity contribution in [3.05, 3.63) is 0 Å². The zero-order chi connectivity index (χ0) is 9.08. The van der Waals surface area contributed by atoms with Crippen molar-refractivity contribution in [2.45, 2.75) is 65.1 Å². The van der Waals surface area contributed by atoms with Crippen molar-refractivity contribution < 1.29 is 0 Å². The molecule has 0 aromatic heterocycles. The molecule has 0 unspecified atom stereocenters. The summed E-state index contributed by atoms with van der Waals surface area (Å²) in [6.07, 6.45) is 0. The van der Waals surface area contributed by atoms with Crippen molar-refractivity contribution in [1.29, 1.82) is 0 Å². The highest BCUT2D eigenvalue weighted by Crippen LogP contribution is 2.55. The van der Waals surface area contributed by atoms with E-state index in [-0.39, 0.29) is 0 Å². The van der Waals surface area contributed by atoms with Crippen molar-refractivity contribution in [2.24, 2.45) is 0 Å². The lowest BCUT2D eigenvalue weighted by Crippen LogP contribution is -2.31. The Morgan fingerprint density at radius 3 is 1.09 bits per heavy atom. The number of hydrogen-bond donors (Lipinski definition) is 0. The first-order valence-corrected chi connectivity index (χ1v) is 4.42. The molecular weight excluding hydrogens is 134 g/mol. The third kappa shape index (κ3) is 1.01. The van der Waals surface area contributed by atoms with E-state index in [0.717, 1.165) is 0 Å². The van der Waals surface area contributed by atoms with Gasteiger partial charge in [0.15, 0.2) is 0 Å². The molecule has 0 aromatic rings. The van der Waals surface area contributed by atoms with Gasteiger partial charge in [0.2, 0.25) is 0 Å². The molecule has 0 spiro atoms. The minimum absolute atomic E-state index is 0.312. The van der Waals surface area contributed by atoms with E-state index in [1.165, 1.54) is 0 Å². The summed E-state index contributed by atoms with van der Waals surface area (Å²) in [4.78, 5) is 2.56. The number of rotatable bonds is 0. The second kappa shape index (κ2) is 1.82. The molecule has 0 radical (unpaired) electrons. The van der Waals surface area contributed by atoms with Crippen LogP contribution in [-0.2, 0) is 0 Å². The van der Waals surface area contributed by atoms with E-state index in [1.807, 2.05) is 0 Å². The van der Waals surface area contributed by atoms with Crippen LogP contribution in [0.4, 0.5) is 0 Å². The molecule has 1 aliphatic rings. The van der Waals surface area contributed by atoms with Crippen LogP contribution >= 0.6 is 0 Å². The molecule has 1 aliphatic heterocycles. The van der Waals surface area contributed by atoms with Crippen molar-refractivity contribution >= 4 is 0 Å². The first-order chi connectivity index (χ1) is 4.62. The van der Waals surface area contributed by atoms with Crippen LogP contribution in [0.2, 0.25) is 0 Å². The summed E-state index contributed by atoms with van der Waals surface area (Å²) in [6, 6.07) is 0. The van der Waals surface area contributed by atoms with Crippen molar-refractivity contribution in [2.75, 3.05) is 0 Å². The minimum Gasteiger partial charge on any atom is -0.285 e. The highest BCUT2D eigenvalue weighted by molar-refractivity contribution is 5.22. The van der Waals surface area contributed by atoms with E-state index >= 15 is 0 Å². The summed E-state index contributed by atoms with van der Waals surface area (Å²) in [5.41, 5.74) is 1.07. The lowest BCUT2D eigenvalue weighted by atomic mass is 10.0. The van der Waals surface area contributed by atoms with Gasteiger partial charge >= 0.3 is 0 Å². The minimum atomic E-state index is 0.312. The van der Waals surface area contributed by atoms with Crippen LogP contribution in [0.1, 0.15) is 48.5 Å². The van der Waals surface area contributed by atoms with E-state index in [1.54, 1.807) is 0 Å². The molecule has 1 heterocycles. The molecular formula is C10H21N. The van der Waals surface area contributed by atoms with E-state index in [4.69, 9.17) is 0 Å². The van der Waals surface area contributed by atoms with Crippen molar-refractivity contribution in [3.8, 4) is 0 Å². The highest BCUT2D eigenvalue weighted by Gasteiger charge is 2.66. The first kappa shape index (κ1) is 9.05. The molecule has 1 nitrogen and oxygen atoms in total. The maximum absolute atomic E-state index is 2.56. The molecule has 1 fully saturated rings. The third-order valence-corrected chi connectivity index (χ3v) is 3.24. The van der Waals surface area contributed by atoms with Crippen LogP contribution in [-0.4, -0.2) is 21.5 Å². The van der Waals surface area contributed by atoms with Gasteiger partial charge in [-0.15, -0.1) is 0 Å². The van der Waals surface area contributed by atoms with Crippen LogP contribution in [0.25, 0.3) is 0 Å². The summed E-state index contributed by atoms with van der Waals surface area (Å²) >= 11 is 0. The summed E-state index contributed by atoms with van der Waals surface area (Å²) in [5, 5.41) is 0. The van der Waals surface area contributed by atoms with Gasteiger partial charge in [-0.1, -0.05) is 0 Å². The lowest BCUT2D eigenvalue weighted by Gasteiger charge is -2.24. The van der Waals surface area contributed by atoms with Crippen LogP contribution in [0.5, 0.6) is 0 Å². The molecule has 0 atom stereocenters. The zero-order valence-corrected chi connectivity index (χ0v) is 8.95. The molecule has 11 heavy (non-hydrogen) atoms. The largest absolute Gasteiger partial charge is 0.285 e.